The third-order valence-electron chi connectivity index (χ3n) is 5.31. The van der Waals surface area contributed by atoms with Gasteiger partial charge in [0.15, 0.2) is 10.8 Å². The molecule has 3 rings (SSSR count). The molecule has 0 fully saturated rings. The van der Waals surface area contributed by atoms with Gasteiger partial charge in [-0.2, -0.15) is 13.2 Å². The van der Waals surface area contributed by atoms with E-state index < -0.39 is 43.7 Å². The second-order valence-electron chi connectivity index (χ2n) is 8.03. The van der Waals surface area contributed by atoms with E-state index in [2.05, 4.69) is 22.2 Å². The minimum absolute atomic E-state index is 0.0215. The van der Waals surface area contributed by atoms with Crippen molar-refractivity contribution in [3.63, 3.8) is 0 Å². The number of hydrogen-bond acceptors (Lipinski definition) is 9. The molecule has 1 N–H and O–H groups in total. The number of anilines is 2. The molecule has 10 nitrogen and oxygen atoms in total. The van der Waals surface area contributed by atoms with Crippen LogP contribution in [0.2, 0.25) is 0 Å². The molecule has 198 valence electrons. The summed E-state index contributed by atoms with van der Waals surface area (Å²) in [4.78, 5) is 29.6. The van der Waals surface area contributed by atoms with Crippen LogP contribution in [0.5, 0.6) is 5.75 Å². The van der Waals surface area contributed by atoms with Gasteiger partial charge in [-0.05, 0) is 36.0 Å². The lowest BCUT2D eigenvalue weighted by atomic mass is 10.1. The summed E-state index contributed by atoms with van der Waals surface area (Å²) in [6.45, 7) is 2.05. The number of alkyl halides is 3. The Hall–Kier alpha value is -3.81. The van der Waals surface area contributed by atoms with Crippen molar-refractivity contribution >= 4 is 32.8 Å². The number of rotatable bonds is 13. The van der Waals surface area contributed by atoms with E-state index in [1.807, 2.05) is 0 Å². The highest BCUT2D eigenvalue weighted by Gasteiger charge is 2.37. The number of thiazole rings is 1. The third kappa shape index (κ3) is 7.35. The van der Waals surface area contributed by atoms with E-state index in [0.29, 0.717) is 35.5 Å². The fourth-order valence-corrected chi connectivity index (χ4v) is 4.34. The van der Waals surface area contributed by atoms with Crippen LogP contribution in [0.1, 0.15) is 51.0 Å². The van der Waals surface area contributed by atoms with Crippen molar-refractivity contribution in [3.8, 4) is 17.0 Å². The average molecular weight is 540 g/mol. The maximum absolute atomic E-state index is 13.8. The number of pyridine rings is 1. The van der Waals surface area contributed by atoms with Gasteiger partial charge in [0.05, 0.1) is 22.5 Å². The second kappa shape index (κ2) is 12.4. The van der Waals surface area contributed by atoms with Crippen molar-refractivity contribution in [3.05, 3.63) is 62.5 Å². The number of unbranched alkanes of at least 4 members (excludes halogenated alkanes) is 5. The molecule has 0 radical (unpaired) electrons. The highest BCUT2D eigenvalue weighted by atomic mass is 32.1. The van der Waals surface area contributed by atoms with Crippen molar-refractivity contribution in [2.24, 2.45) is 0 Å². The molecule has 0 atom stereocenters. The molecule has 0 aliphatic carbocycles. The van der Waals surface area contributed by atoms with Gasteiger partial charge in [-0.1, -0.05) is 39.0 Å². The van der Waals surface area contributed by atoms with Gasteiger partial charge >= 0.3 is 11.2 Å². The van der Waals surface area contributed by atoms with Crippen molar-refractivity contribution in [2.75, 3.05) is 11.9 Å². The number of nitrogens with one attached hydrogen (secondary N) is 1. The molecule has 0 spiro atoms. The van der Waals surface area contributed by atoms with Crippen molar-refractivity contribution < 1.29 is 27.8 Å². The van der Waals surface area contributed by atoms with Gasteiger partial charge in [0.1, 0.15) is 17.0 Å². The summed E-state index contributed by atoms with van der Waals surface area (Å²) < 4.78 is 46.8. The number of nitro groups is 2. The molecule has 0 bridgehead atoms. The molecule has 0 aliphatic rings. The standard InChI is InChI=1S/C23H24F3N5O5S/c1-2-3-4-5-6-7-11-36-19-13-18(30(32)33)17(12-16(19)23(24,25)26)28-22-29-20(21(37-22)31(34)35)15-9-8-10-27-14-15/h8-10,12-14H,2-7,11H2,1H3,(H,28,29). The predicted molar refractivity (Wildman–Crippen MR) is 132 cm³/mol. The normalized spacial score (nSPS) is 11.4. The topological polar surface area (TPSA) is 133 Å². The molecule has 0 saturated carbocycles. The Morgan fingerprint density at radius 2 is 1.81 bits per heavy atom. The quantitative estimate of drug-likeness (QED) is 0.134. The molecular formula is C23H24F3N5O5S. The Morgan fingerprint density at radius 1 is 1.08 bits per heavy atom. The smallest absolute Gasteiger partial charge is 0.420 e. The largest absolute Gasteiger partial charge is 0.493 e. The first kappa shape index (κ1) is 27.8. The Kier molecular flexibility index (Phi) is 9.33. The molecule has 3 aromatic rings. The van der Waals surface area contributed by atoms with Gasteiger partial charge in [-0.3, -0.25) is 25.2 Å². The summed E-state index contributed by atoms with van der Waals surface area (Å²) in [5.41, 5.74) is -2.17. The molecule has 37 heavy (non-hydrogen) atoms. The van der Waals surface area contributed by atoms with E-state index >= 15 is 0 Å². The molecule has 0 aliphatic heterocycles. The number of benzene rings is 1. The first-order chi connectivity index (χ1) is 17.6. The Labute approximate surface area is 213 Å². The Balaban J connectivity index is 1.91. The zero-order valence-corrected chi connectivity index (χ0v) is 20.6. The van der Waals surface area contributed by atoms with Crippen LogP contribution >= 0.6 is 11.3 Å². The predicted octanol–water partition coefficient (Wildman–Crippen LogP) is 7.52. The summed E-state index contributed by atoms with van der Waals surface area (Å²) in [7, 11) is 0. The minimum Gasteiger partial charge on any atom is -0.493 e. The summed E-state index contributed by atoms with van der Waals surface area (Å²) in [5, 5.41) is 25.1. The maximum atomic E-state index is 13.8. The summed E-state index contributed by atoms with van der Waals surface area (Å²) in [5.74, 6) is -0.653. The minimum atomic E-state index is -4.86. The van der Waals surface area contributed by atoms with Gasteiger partial charge in [0.25, 0.3) is 5.69 Å². The number of nitro benzene ring substituents is 1. The van der Waals surface area contributed by atoms with Gasteiger partial charge < -0.3 is 10.1 Å². The van der Waals surface area contributed by atoms with Gasteiger partial charge in [0.2, 0.25) is 0 Å². The van der Waals surface area contributed by atoms with Crippen molar-refractivity contribution in [1.82, 2.24) is 9.97 Å². The average Bonchev–Trinajstić information content (AvgIpc) is 3.28. The zero-order valence-electron chi connectivity index (χ0n) is 19.8. The molecular weight excluding hydrogens is 515 g/mol. The first-order valence-corrected chi connectivity index (χ1v) is 12.3. The van der Waals surface area contributed by atoms with Crippen LogP contribution in [-0.2, 0) is 6.18 Å². The van der Waals surface area contributed by atoms with Crippen molar-refractivity contribution in [1.29, 1.82) is 0 Å². The molecule has 1 aromatic carbocycles. The summed E-state index contributed by atoms with van der Waals surface area (Å²) >= 11 is 0.536. The number of hydrogen-bond donors (Lipinski definition) is 1. The van der Waals surface area contributed by atoms with E-state index in [-0.39, 0.29) is 17.4 Å². The van der Waals surface area contributed by atoms with Gasteiger partial charge in [-0.15, -0.1) is 0 Å². The van der Waals surface area contributed by atoms with Crippen LogP contribution in [0.15, 0.2) is 36.7 Å². The summed E-state index contributed by atoms with van der Waals surface area (Å²) in [6, 6.07) is 4.34. The number of aromatic nitrogens is 2. The van der Waals surface area contributed by atoms with Crippen LogP contribution in [0.4, 0.5) is 34.7 Å². The van der Waals surface area contributed by atoms with E-state index in [4.69, 9.17) is 4.74 Å². The highest BCUT2D eigenvalue weighted by molar-refractivity contribution is 7.19. The number of ether oxygens (including phenoxy) is 1. The highest BCUT2D eigenvalue weighted by Crippen LogP contribution is 2.44. The monoisotopic (exact) mass is 539 g/mol. The van der Waals surface area contributed by atoms with Crippen molar-refractivity contribution in [2.45, 2.75) is 51.6 Å². The van der Waals surface area contributed by atoms with Crippen LogP contribution in [-0.4, -0.2) is 26.4 Å². The molecule has 2 aromatic heterocycles. The first-order valence-electron chi connectivity index (χ1n) is 11.5. The Morgan fingerprint density at radius 3 is 2.43 bits per heavy atom. The van der Waals surface area contributed by atoms with Crippen LogP contribution in [0.25, 0.3) is 11.3 Å². The molecule has 0 amide bonds. The molecule has 14 heteroatoms. The Bertz CT molecular complexity index is 1240. The van der Waals surface area contributed by atoms with Crippen LogP contribution < -0.4 is 10.1 Å². The number of nitrogens with zero attached hydrogens (tertiary/aromatic N) is 4. The maximum Gasteiger partial charge on any atom is 0.420 e. The molecule has 0 unspecified atom stereocenters. The SMILES string of the molecule is CCCCCCCCOc1cc([N+](=O)[O-])c(Nc2nc(-c3cccnc3)c([N+](=O)[O-])s2)cc1C(F)(F)F. The van der Waals surface area contributed by atoms with E-state index in [0.717, 1.165) is 32.1 Å². The lowest BCUT2D eigenvalue weighted by Crippen LogP contribution is -2.11. The third-order valence-corrected chi connectivity index (χ3v) is 6.23. The van der Waals surface area contributed by atoms with Crippen LogP contribution in [0, 0.1) is 20.2 Å². The van der Waals surface area contributed by atoms with Gasteiger partial charge in [0, 0.05) is 18.0 Å². The lowest BCUT2D eigenvalue weighted by Gasteiger charge is -2.16. The van der Waals surface area contributed by atoms with E-state index in [9.17, 15) is 33.4 Å². The second-order valence-corrected chi connectivity index (χ2v) is 9.01. The summed E-state index contributed by atoms with van der Waals surface area (Å²) in [6.07, 6.45) is 3.30. The number of halogens is 3. The van der Waals surface area contributed by atoms with E-state index in [1.54, 1.807) is 0 Å². The lowest BCUT2D eigenvalue weighted by molar-refractivity contribution is -0.384. The fraction of sp³-hybridized carbons (Fsp3) is 0.391. The van der Waals surface area contributed by atoms with E-state index in [1.165, 1.54) is 24.5 Å². The molecule has 0 saturated heterocycles. The molecule has 2 heterocycles. The van der Waals surface area contributed by atoms with Crippen LogP contribution in [0.3, 0.4) is 0 Å². The fourth-order valence-electron chi connectivity index (χ4n) is 3.52. The van der Waals surface area contributed by atoms with Gasteiger partial charge in [-0.25, -0.2) is 4.98 Å². The zero-order chi connectivity index (χ0) is 27.0.